The molecule has 0 bridgehead atoms. The van der Waals surface area contributed by atoms with E-state index in [9.17, 15) is 0 Å². The van der Waals surface area contributed by atoms with Gasteiger partial charge in [0.05, 0.1) is 0 Å². The maximum Gasteiger partial charge on any atom is 0.321 e. The maximum atomic E-state index is 5.67. The van der Waals surface area contributed by atoms with Crippen molar-refractivity contribution in [2.75, 3.05) is 19.0 Å². The fourth-order valence-electron chi connectivity index (χ4n) is 2.35. The third kappa shape index (κ3) is 2.60. The molecule has 0 unspecified atom stereocenters. The second-order valence-electron chi connectivity index (χ2n) is 4.61. The van der Waals surface area contributed by atoms with Gasteiger partial charge in [-0.25, -0.2) is 0 Å². The second-order valence-corrected chi connectivity index (χ2v) is 4.61. The molecule has 1 fully saturated rings. The van der Waals surface area contributed by atoms with E-state index in [4.69, 9.17) is 9.26 Å². The van der Waals surface area contributed by atoms with Crippen molar-refractivity contribution in [3.8, 4) is 0 Å². The molecule has 5 nitrogen and oxygen atoms in total. The normalized spacial score (nSPS) is 19.2. The highest BCUT2D eigenvalue weighted by atomic mass is 16.5. The summed E-state index contributed by atoms with van der Waals surface area (Å²) < 4.78 is 10.9. The van der Waals surface area contributed by atoms with Crippen molar-refractivity contribution in [3.63, 3.8) is 0 Å². The quantitative estimate of drug-likeness (QED) is 0.856. The van der Waals surface area contributed by atoms with Gasteiger partial charge >= 0.3 is 6.01 Å². The zero-order valence-electron chi connectivity index (χ0n) is 10.7. The number of hydrogen-bond acceptors (Lipinski definition) is 5. The first kappa shape index (κ1) is 12.4. The van der Waals surface area contributed by atoms with Crippen LogP contribution in [0.15, 0.2) is 4.52 Å². The van der Waals surface area contributed by atoms with E-state index in [0.29, 0.717) is 11.8 Å². The SMILES string of the molecule is CCCNc1nc(C2(OC)CCCCC2)no1. The molecular formula is C12H21N3O2. The first-order chi connectivity index (χ1) is 8.30. The second kappa shape index (κ2) is 5.49. The minimum absolute atomic E-state index is 0.326. The first-order valence-corrected chi connectivity index (χ1v) is 6.44. The fourth-order valence-corrected chi connectivity index (χ4v) is 2.35. The molecule has 96 valence electrons. The largest absolute Gasteiger partial charge is 0.370 e. The molecule has 0 radical (unpaired) electrons. The Bertz CT molecular complexity index is 345. The molecule has 1 aliphatic carbocycles. The fraction of sp³-hybridized carbons (Fsp3) is 0.833. The van der Waals surface area contributed by atoms with Crippen LogP contribution in [0.3, 0.4) is 0 Å². The standard InChI is InChI=1S/C12H21N3O2/c1-3-9-13-11-14-10(15-17-11)12(16-2)7-5-4-6-8-12/h3-9H2,1-2H3,(H,13,14,15). The van der Waals surface area contributed by atoms with E-state index in [1.165, 1.54) is 19.3 Å². The molecule has 0 saturated heterocycles. The Labute approximate surface area is 102 Å². The predicted molar refractivity (Wildman–Crippen MR) is 64.9 cm³/mol. The van der Waals surface area contributed by atoms with Crippen LogP contribution < -0.4 is 5.32 Å². The van der Waals surface area contributed by atoms with Gasteiger partial charge in [0.2, 0.25) is 5.82 Å². The van der Waals surface area contributed by atoms with Gasteiger partial charge in [0.15, 0.2) is 0 Å². The summed E-state index contributed by atoms with van der Waals surface area (Å²) in [5, 5.41) is 7.16. The summed E-state index contributed by atoms with van der Waals surface area (Å²) in [6.07, 6.45) is 6.60. The van der Waals surface area contributed by atoms with Crippen molar-refractivity contribution >= 4 is 6.01 Å². The summed E-state index contributed by atoms with van der Waals surface area (Å²) in [5.41, 5.74) is -0.326. The number of aromatic nitrogens is 2. The summed E-state index contributed by atoms with van der Waals surface area (Å²) in [4.78, 5) is 4.40. The van der Waals surface area contributed by atoms with Crippen LogP contribution in [0.5, 0.6) is 0 Å². The Balaban J connectivity index is 2.10. The molecular weight excluding hydrogens is 218 g/mol. The number of methoxy groups -OCH3 is 1. The van der Waals surface area contributed by atoms with Crippen LogP contribution in [0.4, 0.5) is 6.01 Å². The Kier molecular flexibility index (Phi) is 3.99. The number of anilines is 1. The smallest absolute Gasteiger partial charge is 0.321 e. The number of ether oxygens (including phenoxy) is 1. The number of nitrogens with zero attached hydrogens (tertiary/aromatic N) is 2. The number of rotatable bonds is 5. The summed E-state index contributed by atoms with van der Waals surface area (Å²) in [7, 11) is 1.74. The monoisotopic (exact) mass is 239 g/mol. The van der Waals surface area contributed by atoms with Gasteiger partial charge in [-0.1, -0.05) is 31.3 Å². The summed E-state index contributed by atoms with van der Waals surface area (Å²) >= 11 is 0. The molecule has 0 aliphatic heterocycles. The molecule has 17 heavy (non-hydrogen) atoms. The van der Waals surface area contributed by atoms with Gasteiger partial charge in [0.1, 0.15) is 5.60 Å². The third-order valence-electron chi connectivity index (χ3n) is 3.41. The predicted octanol–water partition coefficient (Wildman–Crippen LogP) is 2.70. The molecule has 0 aromatic carbocycles. The summed E-state index contributed by atoms with van der Waals surface area (Å²) in [6, 6.07) is 0.504. The van der Waals surface area contributed by atoms with Crippen molar-refractivity contribution < 1.29 is 9.26 Å². The molecule has 1 aromatic heterocycles. The third-order valence-corrected chi connectivity index (χ3v) is 3.41. The van der Waals surface area contributed by atoms with Crippen LogP contribution >= 0.6 is 0 Å². The Morgan fingerprint density at radius 3 is 2.76 bits per heavy atom. The van der Waals surface area contributed by atoms with E-state index in [-0.39, 0.29) is 5.60 Å². The Morgan fingerprint density at radius 1 is 1.35 bits per heavy atom. The lowest BCUT2D eigenvalue weighted by Gasteiger charge is -2.32. The van der Waals surface area contributed by atoms with E-state index in [1.54, 1.807) is 7.11 Å². The molecule has 5 heteroatoms. The van der Waals surface area contributed by atoms with Gasteiger partial charge in [-0.05, 0) is 19.3 Å². The number of nitrogens with one attached hydrogen (secondary N) is 1. The topological polar surface area (TPSA) is 60.2 Å². The molecule has 0 spiro atoms. The van der Waals surface area contributed by atoms with Gasteiger partial charge in [-0.3, -0.25) is 0 Å². The summed E-state index contributed by atoms with van der Waals surface area (Å²) in [5.74, 6) is 0.693. The highest BCUT2D eigenvalue weighted by Gasteiger charge is 2.38. The zero-order valence-corrected chi connectivity index (χ0v) is 10.7. The lowest BCUT2D eigenvalue weighted by molar-refractivity contribution is -0.0527. The van der Waals surface area contributed by atoms with Crippen LogP contribution in [-0.2, 0) is 10.3 Å². The van der Waals surface area contributed by atoms with Gasteiger partial charge in [-0.15, -0.1) is 0 Å². The molecule has 1 aliphatic rings. The molecule has 1 heterocycles. The van der Waals surface area contributed by atoms with E-state index in [1.807, 2.05) is 0 Å². The lowest BCUT2D eigenvalue weighted by Crippen LogP contribution is -2.32. The molecule has 0 amide bonds. The van der Waals surface area contributed by atoms with Crippen LogP contribution in [0.2, 0.25) is 0 Å². The van der Waals surface area contributed by atoms with Crippen molar-refractivity contribution in [1.29, 1.82) is 0 Å². The van der Waals surface area contributed by atoms with Crippen LogP contribution in [0, 0.1) is 0 Å². The van der Waals surface area contributed by atoms with E-state index in [2.05, 4.69) is 22.4 Å². The molecule has 1 saturated carbocycles. The lowest BCUT2D eigenvalue weighted by atomic mass is 9.84. The minimum Gasteiger partial charge on any atom is -0.370 e. The highest BCUT2D eigenvalue weighted by Crippen LogP contribution is 2.38. The Morgan fingerprint density at radius 2 is 2.12 bits per heavy atom. The van der Waals surface area contributed by atoms with Gasteiger partial charge < -0.3 is 14.6 Å². The van der Waals surface area contributed by atoms with E-state index in [0.717, 1.165) is 25.8 Å². The van der Waals surface area contributed by atoms with Gasteiger partial charge in [-0.2, -0.15) is 4.98 Å². The van der Waals surface area contributed by atoms with Gasteiger partial charge in [0, 0.05) is 13.7 Å². The van der Waals surface area contributed by atoms with Crippen molar-refractivity contribution in [3.05, 3.63) is 5.82 Å². The number of hydrogen-bond donors (Lipinski definition) is 1. The van der Waals surface area contributed by atoms with E-state index >= 15 is 0 Å². The van der Waals surface area contributed by atoms with Crippen molar-refractivity contribution in [2.45, 2.75) is 51.0 Å². The van der Waals surface area contributed by atoms with Gasteiger partial charge in [0.25, 0.3) is 0 Å². The highest BCUT2D eigenvalue weighted by molar-refractivity contribution is 5.20. The van der Waals surface area contributed by atoms with Crippen molar-refractivity contribution in [1.82, 2.24) is 10.1 Å². The van der Waals surface area contributed by atoms with E-state index < -0.39 is 0 Å². The van der Waals surface area contributed by atoms with Crippen molar-refractivity contribution in [2.24, 2.45) is 0 Å². The zero-order chi connectivity index (χ0) is 12.1. The summed E-state index contributed by atoms with van der Waals surface area (Å²) in [6.45, 7) is 2.95. The molecule has 1 N–H and O–H groups in total. The average Bonchev–Trinajstić information content (AvgIpc) is 2.86. The molecule has 1 aromatic rings. The van der Waals surface area contributed by atoms with Crippen LogP contribution in [-0.4, -0.2) is 23.8 Å². The first-order valence-electron chi connectivity index (χ1n) is 6.44. The van der Waals surface area contributed by atoms with Crippen LogP contribution in [0.25, 0.3) is 0 Å². The average molecular weight is 239 g/mol. The molecule has 0 atom stereocenters. The maximum absolute atomic E-state index is 5.67. The minimum atomic E-state index is -0.326. The Hall–Kier alpha value is -1.10. The molecule has 2 rings (SSSR count). The van der Waals surface area contributed by atoms with Crippen LogP contribution in [0.1, 0.15) is 51.3 Å².